The summed E-state index contributed by atoms with van der Waals surface area (Å²) in [4.78, 5) is 1.94. The molecule has 0 atom stereocenters. The minimum absolute atomic E-state index is 0. The molecule has 0 bridgehead atoms. The van der Waals surface area contributed by atoms with Gasteiger partial charge in [-0.2, -0.15) is 0 Å². The van der Waals surface area contributed by atoms with Crippen LogP contribution in [0, 0.1) is 0 Å². The summed E-state index contributed by atoms with van der Waals surface area (Å²) in [5.41, 5.74) is 0. The van der Waals surface area contributed by atoms with Crippen LogP contribution in [0.2, 0.25) is 0 Å². The van der Waals surface area contributed by atoms with Crippen LogP contribution in [-0.2, 0) is 84.3 Å². The van der Waals surface area contributed by atoms with Gasteiger partial charge in [0.25, 0.3) is 0 Å². The molecule has 1 aliphatic rings. The Bertz CT molecular complexity index is 177. The molecule has 7 heteroatoms. The van der Waals surface area contributed by atoms with Crippen molar-refractivity contribution in [2.45, 2.75) is 0 Å². The standard InChI is InChI=1S/C7H13N3.4W/c1-6-8(3)7(2)10(5)9(6)4;;;;/h1-2H2,3-5H3;;;;. The zero-order valence-electron chi connectivity index (χ0n) is 8.39. The number of hydrazine groups is 1. The topological polar surface area (TPSA) is 9.72 Å². The Labute approximate surface area is 143 Å². The minimum Gasteiger partial charge on any atom is -0.316 e. The molecule has 1 aliphatic heterocycles. The van der Waals surface area contributed by atoms with E-state index in [1.165, 1.54) is 0 Å². The SMILES string of the molecule is C=C1N(C)C(=C)N(C)N1C.[W].[W].[W].[W]. The van der Waals surface area contributed by atoms with Gasteiger partial charge in [-0.3, -0.25) is 10.0 Å². The average Bonchev–Trinajstić information content (AvgIpc) is 2.07. The van der Waals surface area contributed by atoms with Crippen LogP contribution in [0.4, 0.5) is 0 Å². The fraction of sp³-hybridized carbons (Fsp3) is 0.429. The van der Waals surface area contributed by atoms with Gasteiger partial charge >= 0.3 is 0 Å². The Morgan fingerprint density at radius 1 is 0.714 bits per heavy atom. The van der Waals surface area contributed by atoms with E-state index in [0.29, 0.717) is 0 Å². The van der Waals surface area contributed by atoms with Gasteiger partial charge in [0.05, 0.1) is 0 Å². The molecule has 0 aromatic rings. The van der Waals surface area contributed by atoms with Crippen molar-refractivity contribution in [3.05, 3.63) is 24.8 Å². The molecule has 0 aromatic carbocycles. The maximum absolute atomic E-state index is 3.87. The summed E-state index contributed by atoms with van der Waals surface area (Å²) in [6, 6.07) is 0. The summed E-state index contributed by atoms with van der Waals surface area (Å²) in [5, 5.41) is 3.89. The Hall–Kier alpha value is 1.63. The number of nitrogens with zero attached hydrogens (tertiary/aromatic N) is 3. The normalized spacial score (nSPS) is 13.8. The molecule has 0 aromatic heterocycles. The second-order valence-electron chi connectivity index (χ2n) is 2.44. The number of hydrogen-bond acceptors (Lipinski definition) is 3. The van der Waals surface area contributed by atoms with E-state index < -0.39 is 0 Å². The van der Waals surface area contributed by atoms with Crippen LogP contribution in [0.15, 0.2) is 24.8 Å². The summed E-state index contributed by atoms with van der Waals surface area (Å²) >= 11 is 0. The van der Waals surface area contributed by atoms with Gasteiger partial charge in [0.1, 0.15) is 11.6 Å². The van der Waals surface area contributed by atoms with Crippen molar-refractivity contribution >= 4 is 0 Å². The molecule has 0 aliphatic carbocycles. The maximum atomic E-state index is 3.87. The third-order valence-corrected chi connectivity index (χ3v) is 1.97. The molecule has 80 valence electrons. The number of hydrogen-bond donors (Lipinski definition) is 0. The van der Waals surface area contributed by atoms with Gasteiger partial charge < -0.3 is 4.90 Å². The first kappa shape index (κ1) is 24.7. The van der Waals surface area contributed by atoms with Crippen LogP contribution in [-0.4, -0.2) is 36.1 Å². The van der Waals surface area contributed by atoms with Crippen molar-refractivity contribution < 1.29 is 84.3 Å². The van der Waals surface area contributed by atoms with Gasteiger partial charge in [0, 0.05) is 105 Å². The third-order valence-electron chi connectivity index (χ3n) is 1.97. The van der Waals surface area contributed by atoms with E-state index in [1.807, 2.05) is 36.1 Å². The zero-order chi connectivity index (χ0) is 7.89. The Kier molecular flexibility index (Phi) is 17.4. The molecule has 1 fully saturated rings. The molecule has 0 N–H and O–H groups in total. The first-order valence-electron chi connectivity index (χ1n) is 3.14. The zero-order valence-corrected chi connectivity index (χ0v) is 20.1. The van der Waals surface area contributed by atoms with Gasteiger partial charge in [0.15, 0.2) is 0 Å². The molecular weight excluding hydrogens is 861 g/mol. The van der Waals surface area contributed by atoms with Crippen molar-refractivity contribution in [1.29, 1.82) is 0 Å². The Balaban J connectivity index is -0.000000125. The van der Waals surface area contributed by atoms with Crippen molar-refractivity contribution in [3.8, 4) is 0 Å². The first-order chi connectivity index (χ1) is 4.55. The fourth-order valence-electron chi connectivity index (χ4n) is 0.929. The summed E-state index contributed by atoms with van der Waals surface area (Å²) in [7, 11) is 5.86. The molecule has 0 radical (unpaired) electrons. The van der Waals surface area contributed by atoms with E-state index in [9.17, 15) is 0 Å². The van der Waals surface area contributed by atoms with Crippen molar-refractivity contribution in [3.63, 3.8) is 0 Å². The summed E-state index contributed by atoms with van der Waals surface area (Å²) < 4.78 is 0. The van der Waals surface area contributed by atoms with Crippen LogP contribution >= 0.6 is 0 Å². The van der Waals surface area contributed by atoms with E-state index in [2.05, 4.69) is 13.2 Å². The summed E-state index contributed by atoms with van der Waals surface area (Å²) in [6.45, 7) is 7.73. The summed E-state index contributed by atoms with van der Waals surface area (Å²) in [5.74, 6) is 1.90. The molecule has 14 heavy (non-hydrogen) atoms. The first-order valence-corrected chi connectivity index (χ1v) is 3.14. The molecule has 1 saturated heterocycles. The molecule has 0 saturated carbocycles. The molecule has 0 unspecified atom stereocenters. The van der Waals surface area contributed by atoms with Crippen LogP contribution < -0.4 is 0 Å². The van der Waals surface area contributed by atoms with E-state index in [1.54, 1.807) is 0 Å². The Morgan fingerprint density at radius 3 is 1.00 bits per heavy atom. The van der Waals surface area contributed by atoms with Gasteiger partial charge in [0.2, 0.25) is 0 Å². The molecule has 0 spiro atoms. The molecular formula is C7H13N3W4. The van der Waals surface area contributed by atoms with Crippen molar-refractivity contribution in [2.24, 2.45) is 0 Å². The molecule has 0 amide bonds. The molecule has 1 heterocycles. The van der Waals surface area contributed by atoms with Crippen LogP contribution in [0.1, 0.15) is 0 Å². The smallest absolute Gasteiger partial charge is 0.121 e. The van der Waals surface area contributed by atoms with E-state index in [4.69, 9.17) is 0 Å². The largest absolute Gasteiger partial charge is 0.316 e. The molecule has 1 rings (SSSR count). The second-order valence-corrected chi connectivity index (χ2v) is 2.44. The fourth-order valence-corrected chi connectivity index (χ4v) is 0.929. The minimum atomic E-state index is 0. The van der Waals surface area contributed by atoms with E-state index >= 15 is 0 Å². The van der Waals surface area contributed by atoms with Crippen LogP contribution in [0.5, 0.6) is 0 Å². The van der Waals surface area contributed by atoms with Gasteiger partial charge in [-0.25, -0.2) is 0 Å². The third kappa shape index (κ3) is 4.65. The van der Waals surface area contributed by atoms with Crippen molar-refractivity contribution in [1.82, 2.24) is 14.9 Å². The van der Waals surface area contributed by atoms with E-state index in [-0.39, 0.29) is 84.3 Å². The average molecular weight is 875 g/mol. The van der Waals surface area contributed by atoms with Gasteiger partial charge in [-0.15, -0.1) is 0 Å². The predicted molar refractivity (Wildman–Crippen MR) is 41.6 cm³/mol. The Morgan fingerprint density at radius 2 is 0.929 bits per heavy atom. The monoisotopic (exact) mass is 875 g/mol. The van der Waals surface area contributed by atoms with Gasteiger partial charge in [-0.1, -0.05) is 13.2 Å². The predicted octanol–water partition coefficient (Wildman–Crippen LogP) is 0.643. The maximum Gasteiger partial charge on any atom is 0.121 e. The summed E-state index contributed by atoms with van der Waals surface area (Å²) in [6.07, 6.45) is 0. The van der Waals surface area contributed by atoms with Crippen LogP contribution in [0.3, 0.4) is 0 Å². The second kappa shape index (κ2) is 9.83. The van der Waals surface area contributed by atoms with Crippen LogP contribution in [0.25, 0.3) is 0 Å². The van der Waals surface area contributed by atoms with Crippen molar-refractivity contribution in [2.75, 3.05) is 21.1 Å². The van der Waals surface area contributed by atoms with E-state index in [0.717, 1.165) is 11.6 Å². The number of rotatable bonds is 0. The molecule has 3 nitrogen and oxygen atoms in total. The quantitative estimate of drug-likeness (QED) is 0.355. The van der Waals surface area contributed by atoms with Gasteiger partial charge in [-0.05, 0) is 0 Å².